The number of amides is 1. The first-order valence-corrected chi connectivity index (χ1v) is 10.4. The molecular weight excluding hydrogens is 405 g/mol. The highest BCUT2D eigenvalue weighted by Gasteiger charge is 2.19. The normalized spacial score (nSPS) is 11.1. The van der Waals surface area contributed by atoms with Gasteiger partial charge >= 0.3 is 0 Å². The van der Waals surface area contributed by atoms with Crippen LogP contribution in [0.5, 0.6) is 0 Å². The SMILES string of the molecule is Bc1c(B)c(B)c(C(=O)Nc2cc3cc(-c4cnc(C)n4C)cnc3cn2)c(Cl)c1B. The van der Waals surface area contributed by atoms with Gasteiger partial charge in [0.15, 0.2) is 0 Å². The van der Waals surface area contributed by atoms with E-state index in [1.807, 2.05) is 68.3 Å². The Morgan fingerprint density at radius 1 is 0.968 bits per heavy atom. The predicted octanol–water partition coefficient (Wildman–Crippen LogP) is -2.72. The molecule has 6 nitrogen and oxygen atoms in total. The van der Waals surface area contributed by atoms with Gasteiger partial charge in [-0.3, -0.25) is 9.78 Å². The van der Waals surface area contributed by atoms with Crippen molar-refractivity contribution in [3.8, 4) is 11.3 Å². The maximum absolute atomic E-state index is 13.1. The molecule has 0 spiro atoms. The fourth-order valence-corrected chi connectivity index (χ4v) is 4.09. The highest BCUT2D eigenvalue weighted by Crippen LogP contribution is 2.24. The first-order valence-electron chi connectivity index (χ1n) is 10.0. The standard InChI is InChI=1S/C20H20B4ClN5O/c1-8-26-7-12(30(8)2)10-3-9-4-13(28-6-11(9)27-5-10)29-20(31)14-15(21)16(22)17(23)18(24)19(14)25/h3-7H,21-24H2,1-2H3,(H,28,29,31). The number of pyridine rings is 2. The van der Waals surface area contributed by atoms with Gasteiger partial charge in [-0.05, 0) is 19.1 Å². The van der Waals surface area contributed by atoms with Gasteiger partial charge in [0, 0.05) is 29.2 Å². The molecule has 0 saturated carbocycles. The summed E-state index contributed by atoms with van der Waals surface area (Å²) in [5.74, 6) is 1.10. The quantitative estimate of drug-likeness (QED) is 0.363. The number of hydrogen-bond donors (Lipinski definition) is 1. The molecule has 11 heteroatoms. The fourth-order valence-electron chi connectivity index (χ4n) is 3.73. The van der Waals surface area contributed by atoms with Gasteiger partial charge in [-0.1, -0.05) is 22.5 Å². The number of imidazole rings is 1. The van der Waals surface area contributed by atoms with E-state index in [0.717, 1.165) is 49.8 Å². The van der Waals surface area contributed by atoms with Crippen LogP contribution in [0.3, 0.4) is 0 Å². The smallest absolute Gasteiger partial charge is 0.257 e. The molecule has 1 aromatic carbocycles. The molecule has 31 heavy (non-hydrogen) atoms. The van der Waals surface area contributed by atoms with E-state index in [2.05, 4.69) is 20.3 Å². The highest BCUT2D eigenvalue weighted by atomic mass is 35.5. The lowest BCUT2D eigenvalue weighted by molar-refractivity contribution is 0.102. The zero-order chi connectivity index (χ0) is 22.4. The van der Waals surface area contributed by atoms with Crippen molar-refractivity contribution >= 4 is 87.5 Å². The summed E-state index contributed by atoms with van der Waals surface area (Å²) >= 11 is 6.54. The van der Waals surface area contributed by atoms with Crippen molar-refractivity contribution in [2.24, 2.45) is 7.05 Å². The van der Waals surface area contributed by atoms with E-state index >= 15 is 0 Å². The van der Waals surface area contributed by atoms with Crippen LogP contribution in [0, 0.1) is 6.92 Å². The Kier molecular flexibility index (Phi) is 5.43. The first-order chi connectivity index (χ1) is 14.7. The third-order valence-corrected chi connectivity index (χ3v) is 6.64. The minimum atomic E-state index is -0.271. The van der Waals surface area contributed by atoms with E-state index in [1.165, 1.54) is 0 Å². The Morgan fingerprint density at radius 3 is 2.35 bits per heavy atom. The number of aromatic nitrogens is 4. The molecule has 0 aliphatic heterocycles. The van der Waals surface area contributed by atoms with E-state index in [1.54, 1.807) is 12.4 Å². The molecule has 0 atom stereocenters. The second-order valence-electron chi connectivity index (χ2n) is 7.88. The van der Waals surface area contributed by atoms with Crippen LogP contribution >= 0.6 is 11.6 Å². The summed E-state index contributed by atoms with van der Waals surface area (Å²) in [4.78, 5) is 26.3. The molecule has 4 rings (SSSR count). The molecule has 0 radical (unpaired) electrons. The van der Waals surface area contributed by atoms with Gasteiger partial charge in [-0.2, -0.15) is 0 Å². The lowest BCUT2D eigenvalue weighted by Crippen LogP contribution is -2.50. The van der Waals surface area contributed by atoms with Crippen LogP contribution in [-0.2, 0) is 7.05 Å². The average molecular weight is 425 g/mol. The van der Waals surface area contributed by atoms with Gasteiger partial charge in [0.05, 0.1) is 29.2 Å². The molecule has 0 bridgehead atoms. The van der Waals surface area contributed by atoms with Gasteiger partial charge in [-0.15, -0.1) is 10.9 Å². The Hall–Kier alpha value is -2.99. The topological polar surface area (TPSA) is 72.7 Å². The summed E-state index contributed by atoms with van der Waals surface area (Å²) in [5, 5.41) is 4.26. The van der Waals surface area contributed by atoms with Crippen molar-refractivity contribution in [2.45, 2.75) is 6.92 Å². The molecule has 0 saturated heterocycles. The first kappa shape index (κ1) is 21.2. The Labute approximate surface area is 189 Å². The fraction of sp³-hybridized carbons (Fsp3) is 0.100. The number of hydrogen-bond acceptors (Lipinski definition) is 4. The van der Waals surface area contributed by atoms with Crippen LogP contribution in [0.25, 0.3) is 22.2 Å². The second-order valence-corrected chi connectivity index (χ2v) is 8.26. The lowest BCUT2D eigenvalue weighted by atomic mass is 9.65. The Morgan fingerprint density at radius 2 is 1.68 bits per heavy atom. The molecule has 0 unspecified atom stereocenters. The summed E-state index contributed by atoms with van der Waals surface area (Å²) in [7, 11) is 9.85. The number of nitrogens with zero attached hydrogens (tertiary/aromatic N) is 4. The molecule has 1 N–H and O–H groups in total. The number of nitrogens with one attached hydrogen (secondary N) is 1. The molecule has 4 aromatic rings. The number of aryl methyl sites for hydroxylation is 1. The number of anilines is 1. The van der Waals surface area contributed by atoms with E-state index in [-0.39, 0.29) is 5.91 Å². The van der Waals surface area contributed by atoms with E-state index < -0.39 is 0 Å². The van der Waals surface area contributed by atoms with Crippen LogP contribution in [0.1, 0.15) is 16.2 Å². The maximum atomic E-state index is 13.1. The molecule has 0 fully saturated rings. The minimum absolute atomic E-state index is 0.271. The van der Waals surface area contributed by atoms with Crippen molar-refractivity contribution in [1.82, 2.24) is 19.5 Å². The van der Waals surface area contributed by atoms with Crippen molar-refractivity contribution in [2.75, 3.05) is 5.32 Å². The Balaban J connectivity index is 1.71. The van der Waals surface area contributed by atoms with E-state index in [4.69, 9.17) is 11.6 Å². The number of carbonyl (C=O) groups is 1. The number of benzene rings is 1. The van der Waals surface area contributed by atoms with Gasteiger partial charge in [-0.25, -0.2) is 9.97 Å². The number of rotatable bonds is 3. The minimum Gasteiger partial charge on any atom is -0.331 e. The summed E-state index contributed by atoms with van der Waals surface area (Å²) < 4.78 is 2.01. The predicted molar refractivity (Wildman–Crippen MR) is 139 cm³/mol. The molecule has 3 aromatic heterocycles. The molecular formula is C20H20B4ClN5O. The molecule has 3 heterocycles. The largest absolute Gasteiger partial charge is 0.331 e. The second kappa shape index (κ2) is 7.93. The van der Waals surface area contributed by atoms with Gasteiger partial charge in [0.25, 0.3) is 5.91 Å². The summed E-state index contributed by atoms with van der Waals surface area (Å²) in [6.07, 6.45) is 5.29. The van der Waals surface area contributed by atoms with Crippen LogP contribution in [0.15, 0.2) is 30.7 Å². The zero-order valence-corrected chi connectivity index (χ0v) is 19.2. The van der Waals surface area contributed by atoms with Crippen molar-refractivity contribution in [3.63, 3.8) is 0 Å². The van der Waals surface area contributed by atoms with Crippen molar-refractivity contribution in [3.05, 3.63) is 47.1 Å². The lowest BCUT2D eigenvalue weighted by Gasteiger charge is -2.17. The van der Waals surface area contributed by atoms with Gasteiger partial charge in [0.1, 0.15) is 43.0 Å². The average Bonchev–Trinajstić information content (AvgIpc) is 3.09. The number of fused-ring (bicyclic) bond motifs is 1. The monoisotopic (exact) mass is 425 g/mol. The van der Waals surface area contributed by atoms with Crippen molar-refractivity contribution in [1.29, 1.82) is 0 Å². The molecule has 0 aliphatic rings. The van der Waals surface area contributed by atoms with Gasteiger partial charge < -0.3 is 9.88 Å². The third-order valence-electron chi connectivity index (χ3n) is 6.16. The third kappa shape index (κ3) is 3.65. The summed E-state index contributed by atoms with van der Waals surface area (Å²) in [5.41, 5.74) is 7.12. The van der Waals surface area contributed by atoms with Crippen LogP contribution < -0.4 is 27.2 Å². The van der Waals surface area contributed by atoms with Crippen LogP contribution in [0.4, 0.5) is 5.82 Å². The van der Waals surface area contributed by atoms with Crippen LogP contribution in [-0.4, -0.2) is 56.8 Å². The Bertz CT molecular complexity index is 1340. The van der Waals surface area contributed by atoms with Crippen molar-refractivity contribution < 1.29 is 4.79 Å². The van der Waals surface area contributed by atoms with E-state index in [0.29, 0.717) is 16.4 Å². The van der Waals surface area contributed by atoms with Crippen LogP contribution in [0.2, 0.25) is 5.02 Å². The molecule has 150 valence electrons. The highest BCUT2D eigenvalue weighted by molar-refractivity contribution is 6.66. The molecule has 0 aliphatic carbocycles. The van der Waals surface area contributed by atoms with E-state index in [9.17, 15) is 4.79 Å². The summed E-state index contributed by atoms with van der Waals surface area (Å²) in [6, 6.07) is 3.85. The van der Waals surface area contributed by atoms with Gasteiger partial charge in [0.2, 0.25) is 0 Å². The number of carbonyl (C=O) groups excluding carboxylic acids is 1. The maximum Gasteiger partial charge on any atom is 0.257 e. The zero-order valence-electron chi connectivity index (χ0n) is 18.5. The number of halogens is 1. The molecule has 1 amide bonds. The summed E-state index contributed by atoms with van der Waals surface area (Å²) in [6.45, 7) is 1.96.